The predicted octanol–water partition coefficient (Wildman–Crippen LogP) is 2.02. The standard InChI is InChI=1S/C9H8ClN3O/c10-5-1-2-8(14)6(3-5)7-4-12-13-9(7)11/h1-4,14H,(H3,11,12,13). The Balaban J connectivity index is 2.62. The average molecular weight is 210 g/mol. The summed E-state index contributed by atoms with van der Waals surface area (Å²) in [6.45, 7) is 0. The number of nitrogens with two attached hydrogens (primary N) is 1. The molecule has 1 heterocycles. The number of anilines is 1. The molecule has 0 aliphatic carbocycles. The van der Waals surface area contributed by atoms with Gasteiger partial charge in [0.1, 0.15) is 11.6 Å². The summed E-state index contributed by atoms with van der Waals surface area (Å²) in [5.74, 6) is 0.532. The van der Waals surface area contributed by atoms with Gasteiger partial charge in [0, 0.05) is 16.1 Å². The fraction of sp³-hybridized carbons (Fsp3) is 0. The Labute approximate surface area is 85.3 Å². The van der Waals surface area contributed by atoms with E-state index in [-0.39, 0.29) is 5.75 Å². The van der Waals surface area contributed by atoms with Crippen LogP contribution in [0.3, 0.4) is 0 Å². The summed E-state index contributed by atoms with van der Waals surface area (Å²) in [5.41, 5.74) is 6.84. The summed E-state index contributed by atoms with van der Waals surface area (Å²) < 4.78 is 0. The number of nitrogens with one attached hydrogen (secondary N) is 1. The number of hydrogen-bond acceptors (Lipinski definition) is 3. The molecule has 4 N–H and O–H groups in total. The highest BCUT2D eigenvalue weighted by Gasteiger charge is 2.09. The smallest absolute Gasteiger partial charge is 0.126 e. The van der Waals surface area contributed by atoms with Crippen LogP contribution in [0.1, 0.15) is 0 Å². The van der Waals surface area contributed by atoms with Gasteiger partial charge in [-0.15, -0.1) is 0 Å². The van der Waals surface area contributed by atoms with Crippen LogP contribution in [-0.2, 0) is 0 Å². The lowest BCUT2D eigenvalue weighted by atomic mass is 10.1. The summed E-state index contributed by atoms with van der Waals surface area (Å²) >= 11 is 5.80. The third-order valence-electron chi connectivity index (χ3n) is 1.92. The Morgan fingerprint density at radius 1 is 1.36 bits per heavy atom. The second kappa shape index (κ2) is 3.23. The molecule has 0 aliphatic rings. The summed E-state index contributed by atoms with van der Waals surface area (Å²) in [5, 5.41) is 16.5. The molecule has 0 spiro atoms. The predicted molar refractivity (Wildman–Crippen MR) is 55.1 cm³/mol. The van der Waals surface area contributed by atoms with Crippen LogP contribution >= 0.6 is 11.6 Å². The zero-order chi connectivity index (χ0) is 10.1. The van der Waals surface area contributed by atoms with Gasteiger partial charge in [-0.25, -0.2) is 0 Å². The maximum Gasteiger partial charge on any atom is 0.126 e. The number of halogens is 1. The molecule has 0 radical (unpaired) electrons. The van der Waals surface area contributed by atoms with E-state index in [9.17, 15) is 5.11 Å². The van der Waals surface area contributed by atoms with E-state index in [4.69, 9.17) is 17.3 Å². The third kappa shape index (κ3) is 1.40. The van der Waals surface area contributed by atoms with Crippen LogP contribution in [0.5, 0.6) is 5.75 Å². The SMILES string of the molecule is Nc1[nH]ncc1-c1cc(Cl)ccc1O. The molecule has 5 heteroatoms. The van der Waals surface area contributed by atoms with Crippen LogP contribution in [-0.4, -0.2) is 15.3 Å². The van der Waals surface area contributed by atoms with Crippen molar-refractivity contribution in [3.8, 4) is 16.9 Å². The number of H-pyrrole nitrogens is 1. The van der Waals surface area contributed by atoms with Gasteiger partial charge in [0.05, 0.1) is 6.20 Å². The highest BCUT2D eigenvalue weighted by Crippen LogP contribution is 2.33. The minimum atomic E-state index is 0.127. The number of aromatic amines is 1. The number of benzene rings is 1. The monoisotopic (exact) mass is 209 g/mol. The Morgan fingerprint density at radius 2 is 2.14 bits per heavy atom. The van der Waals surface area contributed by atoms with Crippen LogP contribution in [0.4, 0.5) is 5.82 Å². The fourth-order valence-electron chi connectivity index (χ4n) is 1.23. The van der Waals surface area contributed by atoms with Crippen molar-refractivity contribution in [1.82, 2.24) is 10.2 Å². The highest BCUT2D eigenvalue weighted by atomic mass is 35.5. The summed E-state index contributed by atoms with van der Waals surface area (Å²) in [4.78, 5) is 0. The largest absolute Gasteiger partial charge is 0.507 e. The van der Waals surface area contributed by atoms with E-state index < -0.39 is 0 Å². The first-order valence-corrected chi connectivity index (χ1v) is 4.34. The van der Waals surface area contributed by atoms with E-state index in [0.717, 1.165) is 0 Å². The van der Waals surface area contributed by atoms with E-state index in [1.165, 1.54) is 6.07 Å². The molecular weight excluding hydrogens is 202 g/mol. The summed E-state index contributed by atoms with van der Waals surface area (Å²) in [7, 11) is 0. The van der Waals surface area contributed by atoms with Crippen molar-refractivity contribution in [3.63, 3.8) is 0 Å². The van der Waals surface area contributed by atoms with E-state index >= 15 is 0 Å². The fourth-order valence-corrected chi connectivity index (χ4v) is 1.41. The van der Waals surface area contributed by atoms with Crippen LogP contribution < -0.4 is 5.73 Å². The molecule has 0 bridgehead atoms. The maximum absolute atomic E-state index is 9.58. The van der Waals surface area contributed by atoms with Crippen molar-refractivity contribution in [1.29, 1.82) is 0 Å². The van der Waals surface area contributed by atoms with E-state index in [0.29, 0.717) is 22.0 Å². The molecule has 0 unspecified atom stereocenters. The number of nitrogens with zero attached hydrogens (tertiary/aromatic N) is 1. The minimum Gasteiger partial charge on any atom is -0.507 e. The van der Waals surface area contributed by atoms with Gasteiger partial charge < -0.3 is 10.8 Å². The van der Waals surface area contributed by atoms with E-state index in [1.54, 1.807) is 18.3 Å². The van der Waals surface area contributed by atoms with Gasteiger partial charge in [-0.05, 0) is 18.2 Å². The Morgan fingerprint density at radius 3 is 2.79 bits per heavy atom. The molecule has 0 aliphatic heterocycles. The van der Waals surface area contributed by atoms with Crippen LogP contribution in [0.2, 0.25) is 5.02 Å². The molecule has 0 fully saturated rings. The second-order valence-electron chi connectivity index (χ2n) is 2.86. The normalized spacial score (nSPS) is 10.4. The molecule has 2 aromatic rings. The third-order valence-corrected chi connectivity index (χ3v) is 2.15. The Bertz CT molecular complexity index is 467. The second-order valence-corrected chi connectivity index (χ2v) is 3.30. The lowest BCUT2D eigenvalue weighted by molar-refractivity contribution is 0.477. The lowest BCUT2D eigenvalue weighted by Crippen LogP contribution is -1.87. The first kappa shape index (κ1) is 8.90. The molecule has 1 aromatic heterocycles. The first-order chi connectivity index (χ1) is 6.68. The average Bonchev–Trinajstić information content (AvgIpc) is 2.56. The van der Waals surface area contributed by atoms with Crippen molar-refractivity contribution in [2.24, 2.45) is 0 Å². The van der Waals surface area contributed by atoms with Crippen LogP contribution in [0, 0.1) is 0 Å². The van der Waals surface area contributed by atoms with Gasteiger partial charge in [-0.2, -0.15) is 5.10 Å². The molecule has 0 amide bonds. The van der Waals surface area contributed by atoms with E-state index in [1.807, 2.05) is 0 Å². The van der Waals surface area contributed by atoms with Crippen molar-refractivity contribution in [3.05, 3.63) is 29.4 Å². The Kier molecular flexibility index (Phi) is 2.05. The number of aromatic hydroxyl groups is 1. The van der Waals surface area contributed by atoms with Crippen molar-refractivity contribution in [2.45, 2.75) is 0 Å². The molecule has 1 aromatic carbocycles. The van der Waals surface area contributed by atoms with Crippen LogP contribution in [0.25, 0.3) is 11.1 Å². The number of rotatable bonds is 1. The number of hydrogen-bond donors (Lipinski definition) is 3. The zero-order valence-corrected chi connectivity index (χ0v) is 7.92. The summed E-state index contributed by atoms with van der Waals surface area (Å²) in [6, 6.07) is 4.76. The topological polar surface area (TPSA) is 74.9 Å². The molecule has 14 heavy (non-hydrogen) atoms. The van der Waals surface area contributed by atoms with Crippen molar-refractivity contribution >= 4 is 17.4 Å². The lowest BCUT2D eigenvalue weighted by Gasteiger charge is -2.02. The van der Waals surface area contributed by atoms with Crippen molar-refractivity contribution < 1.29 is 5.11 Å². The number of phenolic OH excluding ortho intramolecular Hbond substituents is 1. The number of aromatic nitrogens is 2. The molecular formula is C9H8ClN3O. The zero-order valence-electron chi connectivity index (χ0n) is 7.16. The van der Waals surface area contributed by atoms with Crippen molar-refractivity contribution in [2.75, 3.05) is 5.73 Å². The Hall–Kier alpha value is -1.68. The van der Waals surface area contributed by atoms with Gasteiger partial charge in [0.15, 0.2) is 0 Å². The molecule has 0 saturated carbocycles. The van der Waals surface area contributed by atoms with Gasteiger partial charge in [-0.1, -0.05) is 11.6 Å². The van der Waals surface area contributed by atoms with Gasteiger partial charge in [0.2, 0.25) is 0 Å². The highest BCUT2D eigenvalue weighted by molar-refractivity contribution is 6.31. The number of nitrogen functional groups attached to an aromatic ring is 1. The van der Waals surface area contributed by atoms with E-state index in [2.05, 4.69) is 10.2 Å². The molecule has 0 atom stereocenters. The molecule has 72 valence electrons. The molecule has 4 nitrogen and oxygen atoms in total. The molecule has 2 rings (SSSR count). The number of phenols is 1. The quantitative estimate of drug-likeness (QED) is 0.673. The minimum absolute atomic E-state index is 0.127. The maximum atomic E-state index is 9.58. The van der Waals surface area contributed by atoms with Crippen LogP contribution in [0.15, 0.2) is 24.4 Å². The van der Waals surface area contributed by atoms with Gasteiger partial charge >= 0.3 is 0 Å². The van der Waals surface area contributed by atoms with Gasteiger partial charge in [0.25, 0.3) is 0 Å². The first-order valence-electron chi connectivity index (χ1n) is 3.96. The van der Waals surface area contributed by atoms with Gasteiger partial charge in [-0.3, -0.25) is 5.10 Å². The summed E-state index contributed by atoms with van der Waals surface area (Å²) in [6.07, 6.45) is 1.54. The molecule has 0 saturated heterocycles.